The normalized spacial score (nSPS) is 28.8. The lowest BCUT2D eigenvalue weighted by molar-refractivity contribution is 0.0588. The Kier molecular flexibility index (Phi) is 9.55. The van der Waals surface area contributed by atoms with Gasteiger partial charge in [-0.15, -0.1) is 0 Å². The van der Waals surface area contributed by atoms with Crippen LogP contribution in [0, 0.1) is 0 Å². The van der Waals surface area contributed by atoms with E-state index in [4.69, 9.17) is 4.74 Å². The standard InChI is InChI=1S/C17H28O/c1-2-14-17-15-12-10-8-6-4-3-5-7-9-11-13-16-18-17/h3,5,7,9,11,13,17H,2,4,6,8,10,12,14-16H2,1H3/b5-3+,9-7+,13-11+. The fraction of sp³-hybridized carbons (Fsp3) is 0.647. The molecule has 0 bridgehead atoms. The number of ether oxygens (including phenoxy) is 1. The summed E-state index contributed by atoms with van der Waals surface area (Å²) in [7, 11) is 0. The molecule has 1 atom stereocenters. The molecule has 1 rings (SSSR count). The van der Waals surface area contributed by atoms with Crippen molar-refractivity contribution in [1.29, 1.82) is 0 Å². The van der Waals surface area contributed by atoms with Crippen LogP contribution in [0.15, 0.2) is 36.5 Å². The first-order valence-electron chi connectivity index (χ1n) is 7.53. The van der Waals surface area contributed by atoms with Crippen LogP contribution in [-0.2, 0) is 4.74 Å². The van der Waals surface area contributed by atoms with Gasteiger partial charge in [-0.3, -0.25) is 0 Å². The van der Waals surface area contributed by atoms with Crippen molar-refractivity contribution in [3.63, 3.8) is 0 Å². The van der Waals surface area contributed by atoms with Gasteiger partial charge in [-0.05, 0) is 25.7 Å². The third kappa shape index (κ3) is 8.30. The number of allylic oxidation sites excluding steroid dienone is 5. The van der Waals surface area contributed by atoms with Crippen LogP contribution in [0.1, 0.15) is 58.3 Å². The first kappa shape index (κ1) is 15.2. The van der Waals surface area contributed by atoms with Gasteiger partial charge in [0.2, 0.25) is 0 Å². The van der Waals surface area contributed by atoms with E-state index in [-0.39, 0.29) is 0 Å². The van der Waals surface area contributed by atoms with Gasteiger partial charge in [-0.2, -0.15) is 0 Å². The van der Waals surface area contributed by atoms with Gasteiger partial charge in [0.25, 0.3) is 0 Å². The molecule has 0 saturated carbocycles. The molecule has 0 aliphatic carbocycles. The molecule has 1 aliphatic rings. The highest BCUT2D eigenvalue weighted by Gasteiger charge is 2.06. The Bertz CT molecular complexity index is 263. The van der Waals surface area contributed by atoms with Crippen LogP contribution in [0.4, 0.5) is 0 Å². The zero-order valence-electron chi connectivity index (χ0n) is 11.8. The number of rotatable bonds is 2. The molecule has 1 unspecified atom stereocenters. The van der Waals surface area contributed by atoms with E-state index in [0.717, 1.165) is 6.61 Å². The molecule has 102 valence electrons. The summed E-state index contributed by atoms with van der Waals surface area (Å²) >= 11 is 0. The van der Waals surface area contributed by atoms with Crippen LogP contribution in [-0.4, -0.2) is 12.7 Å². The predicted octanol–water partition coefficient (Wildman–Crippen LogP) is 5.19. The van der Waals surface area contributed by atoms with Gasteiger partial charge in [-0.25, -0.2) is 0 Å². The van der Waals surface area contributed by atoms with Gasteiger partial charge < -0.3 is 4.74 Å². The molecule has 0 fully saturated rings. The summed E-state index contributed by atoms with van der Waals surface area (Å²) in [5, 5.41) is 0. The van der Waals surface area contributed by atoms with Crippen molar-refractivity contribution in [2.24, 2.45) is 0 Å². The van der Waals surface area contributed by atoms with Gasteiger partial charge in [0.15, 0.2) is 0 Å². The monoisotopic (exact) mass is 248 g/mol. The van der Waals surface area contributed by atoms with Crippen molar-refractivity contribution < 1.29 is 4.74 Å². The van der Waals surface area contributed by atoms with Gasteiger partial charge in [0.05, 0.1) is 12.7 Å². The molecule has 0 aromatic heterocycles. The molecule has 1 nitrogen and oxygen atoms in total. The summed E-state index contributed by atoms with van der Waals surface area (Å²) in [5.41, 5.74) is 0. The lowest BCUT2D eigenvalue weighted by atomic mass is 10.0. The molecule has 0 radical (unpaired) electrons. The summed E-state index contributed by atoms with van der Waals surface area (Å²) in [6, 6.07) is 0. The first-order chi connectivity index (χ1) is 8.93. The van der Waals surface area contributed by atoms with E-state index < -0.39 is 0 Å². The maximum atomic E-state index is 5.92. The maximum Gasteiger partial charge on any atom is 0.0654 e. The van der Waals surface area contributed by atoms with Crippen molar-refractivity contribution in [2.75, 3.05) is 6.61 Å². The van der Waals surface area contributed by atoms with Crippen molar-refractivity contribution in [2.45, 2.75) is 64.4 Å². The Labute approximate surface area is 113 Å². The smallest absolute Gasteiger partial charge is 0.0654 e. The van der Waals surface area contributed by atoms with Crippen molar-refractivity contribution in [3.8, 4) is 0 Å². The molecule has 0 aromatic carbocycles. The Balaban J connectivity index is 2.39. The van der Waals surface area contributed by atoms with E-state index in [1.807, 2.05) is 0 Å². The summed E-state index contributed by atoms with van der Waals surface area (Å²) < 4.78 is 5.92. The van der Waals surface area contributed by atoms with Gasteiger partial charge >= 0.3 is 0 Å². The molecule has 1 heteroatoms. The summed E-state index contributed by atoms with van der Waals surface area (Å²) in [6.45, 7) is 2.99. The zero-order chi connectivity index (χ0) is 12.9. The molecule has 0 N–H and O–H groups in total. The predicted molar refractivity (Wildman–Crippen MR) is 79.8 cm³/mol. The summed E-state index contributed by atoms with van der Waals surface area (Å²) in [6.07, 6.45) is 23.4. The van der Waals surface area contributed by atoms with Crippen LogP contribution in [0.25, 0.3) is 0 Å². The van der Waals surface area contributed by atoms with E-state index in [9.17, 15) is 0 Å². The van der Waals surface area contributed by atoms with Crippen LogP contribution in [0.3, 0.4) is 0 Å². The third-order valence-corrected chi connectivity index (χ3v) is 3.29. The highest BCUT2D eigenvalue weighted by atomic mass is 16.5. The van der Waals surface area contributed by atoms with Gasteiger partial charge in [0.1, 0.15) is 0 Å². The fourth-order valence-corrected chi connectivity index (χ4v) is 2.25. The van der Waals surface area contributed by atoms with Crippen molar-refractivity contribution in [1.82, 2.24) is 0 Å². The Morgan fingerprint density at radius 1 is 0.944 bits per heavy atom. The Morgan fingerprint density at radius 3 is 2.56 bits per heavy atom. The molecule has 0 amide bonds. The van der Waals surface area contributed by atoms with Crippen LogP contribution in [0.5, 0.6) is 0 Å². The Morgan fingerprint density at radius 2 is 1.72 bits per heavy atom. The van der Waals surface area contributed by atoms with Gasteiger partial charge in [0, 0.05) is 0 Å². The Hall–Kier alpha value is -0.820. The molecule has 1 aliphatic heterocycles. The lowest BCUT2D eigenvalue weighted by Gasteiger charge is -2.16. The first-order valence-corrected chi connectivity index (χ1v) is 7.53. The van der Waals surface area contributed by atoms with E-state index >= 15 is 0 Å². The van der Waals surface area contributed by atoms with E-state index in [1.54, 1.807) is 0 Å². The van der Waals surface area contributed by atoms with E-state index in [0.29, 0.717) is 6.10 Å². The minimum absolute atomic E-state index is 0.465. The SMILES string of the molecule is CCCC1CCCCCC/C=C/C=C/C=C/CO1. The molecular weight excluding hydrogens is 220 g/mol. The largest absolute Gasteiger partial charge is 0.374 e. The molecular formula is C17H28O. The molecule has 18 heavy (non-hydrogen) atoms. The highest BCUT2D eigenvalue weighted by Crippen LogP contribution is 2.14. The highest BCUT2D eigenvalue weighted by molar-refractivity contribution is 5.11. The van der Waals surface area contributed by atoms with Crippen LogP contribution >= 0.6 is 0 Å². The summed E-state index contributed by atoms with van der Waals surface area (Å²) in [5.74, 6) is 0. The average Bonchev–Trinajstić information content (AvgIpc) is 2.39. The van der Waals surface area contributed by atoms with E-state index in [2.05, 4.69) is 43.4 Å². The summed E-state index contributed by atoms with van der Waals surface area (Å²) in [4.78, 5) is 0. The minimum Gasteiger partial charge on any atom is -0.374 e. The second-order valence-corrected chi connectivity index (χ2v) is 4.98. The minimum atomic E-state index is 0.465. The number of hydrogen-bond donors (Lipinski definition) is 0. The lowest BCUT2D eigenvalue weighted by Crippen LogP contribution is -2.12. The van der Waals surface area contributed by atoms with Crippen LogP contribution in [0.2, 0.25) is 0 Å². The quantitative estimate of drug-likeness (QED) is 0.653. The zero-order valence-corrected chi connectivity index (χ0v) is 11.8. The second-order valence-electron chi connectivity index (χ2n) is 4.98. The van der Waals surface area contributed by atoms with E-state index in [1.165, 1.54) is 51.4 Å². The topological polar surface area (TPSA) is 9.23 Å². The molecule has 0 aromatic rings. The molecule has 0 spiro atoms. The average molecular weight is 248 g/mol. The van der Waals surface area contributed by atoms with Gasteiger partial charge in [-0.1, -0.05) is 69.1 Å². The fourth-order valence-electron chi connectivity index (χ4n) is 2.25. The molecule has 1 heterocycles. The number of hydrogen-bond acceptors (Lipinski definition) is 1. The third-order valence-electron chi connectivity index (χ3n) is 3.29. The van der Waals surface area contributed by atoms with Crippen molar-refractivity contribution in [3.05, 3.63) is 36.5 Å². The molecule has 0 saturated heterocycles. The van der Waals surface area contributed by atoms with Crippen molar-refractivity contribution >= 4 is 0 Å². The second kappa shape index (κ2) is 11.3. The van der Waals surface area contributed by atoms with Crippen LogP contribution < -0.4 is 0 Å². The maximum absolute atomic E-state index is 5.92.